The van der Waals surface area contributed by atoms with Crippen molar-refractivity contribution in [3.63, 3.8) is 0 Å². The molecule has 0 spiro atoms. The van der Waals surface area contributed by atoms with Crippen LogP contribution >= 0.6 is 11.6 Å². The number of carbonyl (C=O) groups is 2. The SMILES string of the molecule is Cc1cc(Cl)ccc1OCC(=O)N1CCC(C(=O)NCCc2ccccc2F)CC1. The lowest BCUT2D eigenvalue weighted by Crippen LogP contribution is -2.44. The fraction of sp³-hybridized carbons (Fsp3) is 0.391. The summed E-state index contributed by atoms with van der Waals surface area (Å²) in [6, 6.07) is 11.8. The van der Waals surface area contributed by atoms with Gasteiger partial charge in [-0.1, -0.05) is 29.8 Å². The van der Waals surface area contributed by atoms with Gasteiger partial charge in [-0.25, -0.2) is 4.39 Å². The number of aryl methyl sites for hydroxylation is 1. The molecule has 0 bridgehead atoms. The first-order valence-corrected chi connectivity index (χ1v) is 10.5. The van der Waals surface area contributed by atoms with Crippen molar-refractivity contribution in [1.82, 2.24) is 10.2 Å². The number of hydrogen-bond donors (Lipinski definition) is 1. The molecule has 2 aromatic rings. The van der Waals surface area contributed by atoms with E-state index in [1.54, 1.807) is 41.3 Å². The van der Waals surface area contributed by atoms with Crippen LogP contribution in [-0.2, 0) is 16.0 Å². The molecule has 1 fully saturated rings. The molecule has 0 aliphatic carbocycles. The zero-order valence-electron chi connectivity index (χ0n) is 17.0. The van der Waals surface area contributed by atoms with Crippen LogP contribution < -0.4 is 10.1 Å². The van der Waals surface area contributed by atoms with Gasteiger partial charge in [0.15, 0.2) is 6.61 Å². The fourth-order valence-electron chi connectivity index (χ4n) is 3.56. The minimum atomic E-state index is -0.255. The molecule has 3 rings (SSSR count). The third kappa shape index (κ3) is 5.95. The molecular formula is C23H26ClFN2O3. The Morgan fingerprint density at radius 2 is 1.93 bits per heavy atom. The number of hydrogen-bond acceptors (Lipinski definition) is 3. The molecule has 2 amide bonds. The largest absolute Gasteiger partial charge is 0.483 e. The summed E-state index contributed by atoms with van der Waals surface area (Å²) >= 11 is 5.93. The average Bonchev–Trinajstić information content (AvgIpc) is 2.74. The quantitative estimate of drug-likeness (QED) is 0.724. The summed E-state index contributed by atoms with van der Waals surface area (Å²) in [5, 5.41) is 3.51. The first-order valence-electron chi connectivity index (χ1n) is 10.1. The molecule has 0 unspecified atom stereocenters. The number of benzene rings is 2. The van der Waals surface area contributed by atoms with Crippen molar-refractivity contribution >= 4 is 23.4 Å². The van der Waals surface area contributed by atoms with Crippen LogP contribution in [0.1, 0.15) is 24.0 Å². The molecule has 30 heavy (non-hydrogen) atoms. The van der Waals surface area contributed by atoms with E-state index in [-0.39, 0.29) is 30.2 Å². The maximum absolute atomic E-state index is 13.6. The van der Waals surface area contributed by atoms with Crippen LogP contribution in [-0.4, -0.2) is 43.0 Å². The first-order chi connectivity index (χ1) is 14.4. The summed E-state index contributed by atoms with van der Waals surface area (Å²) in [5.74, 6) is 0.120. The molecule has 0 radical (unpaired) electrons. The van der Waals surface area contributed by atoms with Crippen LogP contribution in [0, 0.1) is 18.7 Å². The van der Waals surface area contributed by atoms with E-state index >= 15 is 0 Å². The van der Waals surface area contributed by atoms with Crippen LogP contribution in [0.3, 0.4) is 0 Å². The lowest BCUT2D eigenvalue weighted by atomic mass is 9.96. The van der Waals surface area contributed by atoms with Crippen LogP contribution in [0.2, 0.25) is 5.02 Å². The fourth-order valence-corrected chi connectivity index (χ4v) is 3.79. The van der Waals surface area contributed by atoms with E-state index in [4.69, 9.17) is 16.3 Å². The Morgan fingerprint density at radius 3 is 2.63 bits per heavy atom. The molecule has 0 saturated carbocycles. The van der Waals surface area contributed by atoms with E-state index in [0.29, 0.717) is 55.2 Å². The normalized spacial score (nSPS) is 14.4. The van der Waals surface area contributed by atoms with Gasteiger partial charge in [-0.2, -0.15) is 0 Å². The second-order valence-corrected chi connectivity index (χ2v) is 7.92. The summed E-state index contributed by atoms with van der Waals surface area (Å²) in [6.07, 6.45) is 1.67. The van der Waals surface area contributed by atoms with E-state index in [0.717, 1.165) is 5.56 Å². The third-order valence-electron chi connectivity index (χ3n) is 5.36. The molecule has 5 nitrogen and oxygen atoms in total. The highest BCUT2D eigenvalue weighted by Gasteiger charge is 2.27. The number of amides is 2. The highest BCUT2D eigenvalue weighted by atomic mass is 35.5. The van der Waals surface area contributed by atoms with Crippen LogP contribution in [0.15, 0.2) is 42.5 Å². The summed E-state index contributed by atoms with van der Waals surface area (Å²) in [5.41, 5.74) is 1.47. The molecule has 1 N–H and O–H groups in total. The molecule has 160 valence electrons. The van der Waals surface area contributed by atoms with Crippen molar-refractivity contribution in [3.8, 4) is 5.75 Å². The van der Waals surface area contributed by atoms with Crippen molar-refractivity contribution in [2.45, 2.75) is 26.2 Å². The minimum absolute atomic E-state index is 0.0357. The second-order valence-electron chi connectivity index (χ2n) is 7.49. The van der Waals surface area contributed by atoms with Crippen molar-refractivity contribution in [2.75, 3.05) is 26.2 Å². The number of ether oxygens (including phenoxy) is 1. The molecule has 1 aliphatic rings. The topological polar surface area (TPSA) is 58.6 Å². The number of halogens is 2. The maximum atomic E-state index is 13.6. The lowest BCUT2D eigenvalue weighted by Gasteiger charge is -2.31. The predicted octanol–water partition coefficient (Wildman–Crippen LogP) is 3.76. The molecule has 1 saturated heterocycles. The van der Waals surface area contributed by atoms with E-state index in [9.17, 15) is 14.0 Å². The van der Waals surface area contributed by atoms with E-state index in [1.807, 2.05) is 6.92 Å². The third-order valence-corrected chi connectivity index (χ3v) is 5.59. The summed E-state index contributed by atoms with van der Waals surface area (Å²) < 4.78 is 19.3. The van der Waals surface area contributed by atoms with Gasteiger partial charge in [0.05, 0.1) is 0 Å². The van der Waals surface area contributed by atoms with Gasteiger partial charge in [0.2, 0.25) is 5.91 Å². The van der Waals surface area contributed by atoms with Gasteiger partial charge in [0.25, 0.3) is 5.91 Å². The van der Waals surface area contributed by atoms with Crippen molar-refractivity contribution in [2.24, 2.45) is 5.92 Å². The van der Waals surface area contributed by atoms with Crippen molar-refractivity contribution in [3.05, 3.63) is 64.4 Å². The minimum Gasteiger partial charge on any atom is -0.483 e. The monoisotopic (exact) mass is 432 g/mol. The van der Waals surface area contributed by atoms with E-state index in [2.05, 4.69) is 5.32 Å². The van der Waals surface area contributed by atoms with Gasteiger partial charge in [-0.3, -0.25) is 9.59 Å². The zero-order valence-corrected chi connectivity index (χ0v) is 17.8. The van der Waals surface area contributed by atoms with Gasteiger partial charge in [0.1, 0.15) is 11.6 Å². The molecule has 1 aliphatic heterocycles. The Kier molecular flexibility index (Phi) is 7.69. The van der Waals surface area contributed by atoms with Crippen LogP contribution in [0.5, 0.6) is 5.75 Å². The van der Waals surface area contributed by atoms with Gasteiger partial charge in [-0.15, -0.1) is 0 Å². The molecule has 2 aromatic carbocycles. The van der Waals surface area contributed by atoms with E-state index in [1.165, 1.54) is 6.07 Å². The number of piperidine rings is 1. The van der Waals surface area contributed by atoms with Crippen LogP contribution in [0.25, 0.3) is 0 Å². The van der Waals surface area contributed by atoms with Gasteiger partial charge < -0.3 is 15.0 Å². The standard InChI is InChI=1S/C23H26ClFN2O3/c1-16-14-19(24)6-7-21(16)30-15-22(28)27-12-9-18(10-13-27)23(29)26-11-8-17-4-2-3-5-20(17)25/h2-7,14,18H,8-13,15H2,1H3,(H,26,29). The number of nitrogens with one attached hydrogen (secondary N) is 1. The van der Waals surface area contributed by atoms with Gasteiger partial charge in [-0.05, 0) is 61.6 Å². The zero-order chi connectivity index (χ0) is 21.5. The first kappa shape index (κ1) is 22.1. The van der Waals surface area contributed by atoms with Crippen molar-refractivity contribution in [1.29, 1.82) is 0 Å². The summed E-state index contributed by atoms with van der Waals surface area (Å²) in [6.45, 7) is 3.28. The summed E-state index contributed by atoms with van der Waals surface area (Å²) in [4.78, 5) is 26.5. The smallest absolute Gasteiger partial charge is 0.260 e. The van der Waals surface area contributed by atoms with Gasteiger partial charge >= 0.3 is 0 Å². The van der Waals surface area contributed by atoms with E-state index < -0.39 is 0 Å². The molecule has 7 heteroatoms. The Bertz CT molecular complexity index is 898. The molecular weight excluding hydrogens is 407 g/mol. The number of likely N-dealkylation sites (tertiary alicyclic amines) is 1. The number of nitrogens with zero attached hydrogens (tertiary/aromatic N) is 1. The molecule has 1 heterocycles. The Balaban J connectivity index is 1.38. The van der Waals surface area contributed by atoms with Gasteiger partial charge in [0, 0.05) is 30.6 Å². The lowest BCUT2D eigenvalue weighted by molar-refractivity contribution is -0.137. The van der Waals surface area contributed by atoms with Crippen molar-refractivity contribution < 1.29 is 18.7 Å². The van der Waals surface area contributed by atoms with Crippen LogP contribution in [0.4, 0.5) is 4.39 Å². The predicted molar refractivity (Wildman–Crippen MR) is 114 cm³/mol. The Labute approximate surface area is 181 Å². The number of carbonyl (C=O) groups excluding carboxylic acids is 2. The Hall–Kier alpha value is -2.60. The second kappa shape index (κ2) is 10.4. The Morgan fingerprint density at radius 1 is 1.20 bits per heavy atom. The maximum Gasteiger partial charge on any atom is 0.260 e. The number of rotatable bonds is 7. The summed E-state index contributed by atoms with van der Waals surface area (Å²) in [7, 11) is 0. The molecule has 0 aromatic heterocycles. The highest BCUT2D eigenvalue weighted by molar-refractivity contribution is 6.30. The average molecular weight is 433 g/mol. The molecule has 0 atom stereocenters. The highest BCUT2D eigenvalue weighted by Crippen LogP contribution is 2.22.